The van der Waals surface area contributed by atoms with Gasteiger partial charge < -0.3 is 10.4 Å². The van der Waals surface area contributed by atoms with Crippen molar-refractivity contribution >= 4 is 11.9 Å². The van der Waals surface area contributed by atoms with Gasteiger partial charge in [0.1, 0.15) is 6.04 Å². The molecule has 0 bridgehead atoms. The van der Waals surface area contributed by atoms with Crippen molar-refractivity contribution in [3.8, 4) is 0 Å². The van der Waals surface area contributed by atoms with Crippen LogP contribution < -0.4 is 5.32 Å². The molecular weight excluding hydrogens is 182 g/mol. The molecule has 1 unspecified atom stereocenters. The first-order valence-corrected chi connectivity index (χ1v) is 4.99. The number of aliphatic carboxylic acids is 1. The summed E-state index contributed by atoms with van der Waals surface area (Å²) >= 11 is 0. The number of amides is 1. The molecular formula is C10H17NO3. The molecule has 0 aliphatic heterocycles. The lowest BCUT2D eigenvalue weighted by atomic mass is 10.0. The maximum atomic E-state index is 11.4. The van der Waals surface area contributed by atoms with Gasteiger partial charge in [0.15, 0.2) is 0 Å². The van der Waals surface area contributed by atoms with E-state index in [9.17, 15) is 9.59 Å². The van der Waals surface area contributed by atoms with Crippen LogP contribution in [0.4, 0.5) is 0 Å². The molecule has 0 aromatic heterocycles. The van der Waals surface area contributed by atoms with E-state index in [0.717, 1.165) is 12.8 Å². The van der Waals surface area contributed by atoms with Gasteiger partial charge in [-0.3, -0.25) is 4.79 Å². The monoisotopic (exact) mass is 199 g/mol. The highest BCUT2D eigenvalue weighted by molar-refractivity contribution is 5.83. The average molecular weight is 199 g/mol. The second-order valence-electron chi connectivity index (χ2n) is 4.35. The number of carboxylic acids is 1. The van der Waals surface area contributed by atoms with Crippen molar-refractivity contribution < 1.29 is 14.7 Å². The molecule has 4 nitrogen and oxygen atoms in total. The molecule has 0 radical (unpaired) electrons. The number of rotatable bonds is 5. The van der Waals surface area contributed by atoms with Gasteiger partial charge in [-0.2, -0.15) is 0 Å². The number of carbonyl (C=O) groups is 2. The summed E-state index contributed by atoms with van der Waals surface area (Å²) in [4.78, 5) is 22.0. The van der Waals surface area contributed by atoms with Crippen LogP contribution in [0.2, 0.25) is 0 Å². The van der Waals surface area contributed by atoms with E-state index in [0.29, 0.717) is 12.8 Å². The molecule has 1 fully saturated rings. The van der Waals surface area contributed by atoms with Crippen molar-refractivity contribution in [2.75, 3.05) is 0 Å². The molecule has 1 amide bonds. The van der Waals surface area contributed by atoms with E-state index in [1.165, 1.54) is 0 Å². The highest BCUT2D eigenvalue weighted by atomic mass is 16.4. The average Bonchev–Trinajstić information content (AvgIpc) is 2.78. The van der Waals surface area contributed by atoms with Crippen molar-refractivity contribution in [2.45, 2.75) is 45.6 Å². The fourth-order valence-corrected chi connectivity index (χ4v) is 1.36. The molecule has 2 N–H and O–H groups in total. The second-order valence-corrected chi connectivity index (χ2v) is 4.35. The van der Waals surface area contributed by atoms with Crippen LogP contribution in [-0.4, -0.2) is 23.0 Å². The molecule has 1 saturated carbocycles. The zero-order chi connectivity index (χ0) is 10.8. The van der Waals surface area contributed by atoms with E-state index in [4.69, 9.17) is 5.11 Å². The Labute approximate surface area is 83.7 Å². The van der Waals surface area contributed by atoms with Gasteiger partial charge in [0.05, 0.1) is 0 Å². The maximum Gasteiger partial charge on any atom is 0.326 e. The Morgan fingerprint density at radius 2 is 2.07 bits per heavy atom. The third-order valence-electron chi connectivity index (χ3n) is 2.73. The number of nitrogens with one attached hydrogen (secondary N) is 1. The van der Waals surface area contributed by atoms with Crippen LogP contribution in [0.25, 0.3) is 0 Å². The molecule has 1 atom stereocenters. The number of carboxylic acid groups (broad SMARTS) is 1. The van der Waals surface area contributed by atoms with E-state index in [2.05, 4.69) is 5.32 Å². The van der Waals surface area contributed by atoms with E-state index >= 15 is 0 Å². The fraction of sp³-hybridized carbons (Fsp3) is 0.800. The third kappa shape index (κ3) is 3.01. The van der Waals surface area contributed by atoms with Gasteiger partial charge in [0, 0.05) is 6.42 Å². The largest absolute Gasteiger partial charge is 0.480 e. The Hall–Kier alpha value is -1.06. The Balaban J connectivity index is 2.34. The number of hydrogen-bond acceptors (Lipinski definition) is 2. The minimum absolute atomic E-state index is 0.140. The fourth-order valence-electron chi connectivity index (χ4n) is 1.36. The molecule has 1 aliphatic rings. The van der Waals surface area contributed by atoms with Crippen molar-refractivity contribution in [1.29, 1.82) is 0 Å². The molecule has 0 saturated heterocycles. The van der Waals surface area contributed by atoms with Crippen LogP contribution >= 0.6 is 0 Å². The summed E-state index contributed by atoms with van der Waals surface area (Å²) in [6.45, 7) is 3.80. The smallest absolute Gasteiger partial charge is 0.326 e. The van der Waals surface area contributed by atoms with E-state index in [1.807, 2.05) is 6.92 Å². The highest BCUT2D eigenvalue weighted by Gasteiger charge is 2.39. The molecule has 80 valence electrons. The Morgan fingerprint density at radius 1 is 1.50 bits per heavy atom. The van der Waals surface area contributed by atoms with Crippen LogP contribution in [0.3, 0.4) is 0 Å². The zero-order valence-corrected chi connectivity index (χ0v) is 8.67. The van der Waals surface area contributed by atoms with Crippen LogP contribution in [-0.2, 0) is 9.59 Å². The van der Waals surface area contributed by atoms with E-state index in [-0.39, 0.29) is 11.3 Å². The van der Waals surface area contributed by atoms with Gasteiger partial charge in [0.25, 0.3) is 0 Å². The van der Waals surface area contributed by atoms with Gasteiger partial charge in [-0.25, -0.2) is 4.79 Å². The molecule has 0 aromatic rings. The molecule has 0 aromatic carbocycles. The predicted octanol–water partition coefficient (Wildman–Crippen LogP) is 1.16. The predicted molar refractivity (Wildman–Crippen MR) is 51.8 cm³/mol. The first-order valence-electron chi connectivity index (χ1n) is 4.99. The van der Waals surface area contributed by atoms with E-state index in [1.54, 1.807) is 6.92 Å². The first kappa shape index (κ1) is 11.0. The molecule has 1 aliphatic carbocycles. The third-order valence-corrected chi connectivity index (χ3v) is 2.73. The molecule has 4 heteroatoms. The molecule has 0 spiro atoms. The summed E-state index contributed by atoms with van der Waals surface area (Å²) in [7, 11) is 0. The zero-order valence-electron chi connectivity index (χ0n) is 8.67. The standard InChI is InChI=1S/C10H17NO3/c1-3-7(9(13)14)11-8(12)6-10(2)4-5-10/h7H,3-6H2,1-2H3,(H,11,12)(H,13,14). The summed E-state index contributed by atoms with van der Waals surface area (Å²) in [6.07, 6.45) is 3.03. The van der Waals surface area contributed by atoms with Crippen molar-refractivity contribution in [2.24, 2.45) is 5.41 Å². The Bertz CT molecular complexity index is 246. The Kier molecular flexibility index (Phi) is 3.13. The van der Waals surface area contributed by atoms with Crippen molar-refractivity contribution in [3.63, 3.8) is 0 Å². The van der Waals surface area contributed by atoms with Crippen molar-refractivity contribution in [3.05, 3.63) is 0 Å². The van der Waals surface area contributed by atoms with Gasteiger partial charge in [-0.1, -0.05) is 13.8 Å². The highest BCUT2D eigenvalue weighted by Crippen LogP contribution is 2.47. The lowest BCUT2D eigenvalue weighted by molar-refractivity contribution is -0.142. The number of carbonyl (C=O) groups excluding carboxylic acids is 1. The Morgan fingerprint density at radius 3 is 2.43 bits per heavy atom. The van der Waals surface area contributed by atoms with Crippen LogP contribution in [0.5, 0.6) is 0 Å². The lowest BCUT2D eigenvalue weighted by Gasteiger charge is -2.14. The first-order chi connectivity index (χ1) is 6.47. The quantitative estimate of drug-likeness (QED) is 0.698. The molecule has 1 rings (SSSR count). The second kappa shape index (κ2) is 3.98. The normalized spacial score (nSPS) is 19.9. The topological polar surface area (TPSA) is 66.4 Å². The summed E-state index contributed by atoms with van der Waals surface area (Å²) < 4.78 is 0. The van der Waals surface area contributed by atoms with Crippen LogP contribution in [0, 0.1) is 5.41 Å². The minimum Gasteiger partial charge on any atom is -0.480 e. The number of hydrogen-bond donors (Lipinski definition) is 2. The SMILES string of the molecule is CCC(NC(=O)CC1(C)CC1)C(=O)O. The van der Waals surface area contributed by atoms with Gasteiger partial charge in [-0.05, 0) is 24.7 Å². The van der Waals surface area contributed by atoms with Gasteiger partial charge in [-0.15, -0.1) is 0 Å². The molecule has 0 heterocycles. The summed E-state index contributed by atoms with van der Waals surface area (Å²) in [6, 6.07) is -0.732. The minimum atomic E-state index is -0.957. The summed E-state index contributed by atoms with van der Waals surface area (Å²) in [5, 5.41) is 11.2. The van der Waals surface area contributed by atoms with Gasteiger partial charge >= 0.3 is 5.97 Å². The van der Waals surface area contributed by atoms with E-state index < -0.39 is 12.0 Å². The van der Waals surface area contributed by atoms with Gasteiger partial charge in [0.2, 0.25) is 5.91 Å². The molecule has 14 heavy (non-hydrogen) atoms. The summed E-state index contributed by atoms with van der Waals surface area (Å²) in [5.74, 6) is -1.10. The maximum absolute atomic E-state index is 11.4. The van der Waals surface area contributed by atoms with Crippen molar-refractivity contribution in [1.82, 2.24) is 5.32 Å². The lowest BCUT2D eigenvalue weighted by Crippen LogP contribution is -2.40. The summed E-state index contributed by atoms with van der Waals surface area (Å²) in [5.41, 5.74) is 0.140. The van der Waals surface area contributed by atoms with Crippen LogP contribution in [0.15, 0.2) is 0 Å². The van der Waals surface area contributed by atoms with Crippen LogP contribution in [0.1, 0.15) is 39.5 Å².